The van der Waals surface area contributed by atoms with Gasteiger partial charge in [0, 0.05) is 10.9 Å². The largest absolute Gasteiger partial charge is 0.478 e. The van der Waals surface area contributed by atoms with Crippen molar-refractivity contribution in [2.75, 3.05) is 12.3 Å². The molecule has 0 atom stereocenters. The smallest absolute Gasteiger partial charge is 0.340 e. The summed E-state index contributed by atoms with van der Waals surface area (Å²) in [5.74, 6) is -2.06. The highest BCUT2D eigenvalue weighted by Crippen LogP contribution is 2.44. The Kier molecular flexibility index (Phi) is 4.53. The summed E-state index contributed by atoms with van der Waals surface area (Å²) in [4.78, 5) is 23.9. The lowest BCUT2D eigenvalue weighted by Crippen LogP contribution is -2.16. The lowest BCUT2D eigenvalue weighted by molar-refractivity contribution is 0.0495. The molecule has 0 fully saturated rings. The molecule has 0 bridgehead atoms. The van der Waals surface area contributed by atoms with Gasteiger partial charge in [-0.15, -0.1) is 0 Å². The van der Waals surface area contributed by atoms with Crippen molar-refractivity contribution < 1.29 is 19.4 Å². The highest BCUT2D eigenvalue weighted by molar-refractivity contribution is 6.31. The van der Waals surface area contributed by atoms with E-state index in [0.717, 1.165) is 22.3 Å². The molecule has 0 amide bonds. The number of hydrogen-bond acceptors (Lipinski definition) is 4. The van der Waals surface area contributed by atoms with Gasteiger partial charge in [-0.05, 0) is 34.4 Å². The maximum absolute atomic E-state index is 12.6. The van der Waals surface area contributed by atoms with E-state index in [-0.39, 0.29) is 34.4 Å². The first-order chi connectivity index (χ1) is 13.5. The fraction of sp³-hybridized carbons (Fsp3) is 0.0909. The maximum Gasteiger partial charge on any atom is 0.340 e. The molecule has 4 rings (SSSR count). The molecule has 0 saturated heterocycles. The molecule has 140 valence electrons. The lowest BCUT2D eigenvalue weighted by atomic mass is 9.98. The summed E-state index contributed by atoms with van der Waals surface area (Å²) in [5.41, 5.74) is 9.82. The number of esters is 1. The summed E-state index contributed by atoms with van der Waals surface area (Å²) in [7, 11) is 0. The number of fused-ring (bicyclic) bond motifs is 3. The van der Waals surface area contributed by atoms with Gasteiger partial charge in [-0.25, -0.2) is 9.59 Å². The zero-order valence-corrected chi connectivity index (χ0v) is 15.4. The molecule has 28 heavy (non-hydrogen) atoms. The van der Waals surface area contributed by atoms with Crippen LogP contribution < -0.4 is 5.73 Å². The van der Waals surface area contributed by atoms with Gasteiger partial charge in [-0.3, -0.25) is 0 Å². The first kappa shape index (κ1) is 18.1. The molecule has 0 saturated carbocycles. The fourth-order valence-corrected chi connectivity index (χ4v) is 3.86. The van der Waals surface area contributed by atoms with Crippen molar-refractivity contribution in [1.82, 2.24) is 0 Å². The van der Waals surface area contributed by atoms with Gasteiger partial charge in [0.2, 0.25) is 0 Å². The number of hydrogen-bond donors (Lipinski definition) is 2. The number of carbonyl (C=O) groups excluding carboxylic acids is 1. The van der Waals surface area contributed by atoms with E-state index in [1.807, 2.05) is 48.5 Å². The molecule has 0 aromatic heterocycles. The number of carboxylic acid groups (broad SMARTS) is 1. The van der Waals surface area contributed by atoms with Crippen LogP contribution in [0.25, 0.3) is 11.1 Å². The van der Waals surface area contributed by atoms with E-state index in [1.165, 1.54) is 12.1 Å². The first-order valence-electron chi connectivity index (χ1n) is 8.65. The molecule has 0 unspecified atom stereocenters. The normalized spacial score (nSPS) is 12.3. The number of carbonyl (C=O) groups is 2. The monoisotopic (exact) mass is 393 g/mol. The maximum atomic E-state index is 12.6. The van der Waals surface area contributed by atoms with Crippen LogP contribution in [0.1, 0.15) is 37.8 Å². The van der Waals surface area contributed by atoms with Crippen LogP contribution in [0.5, 0.6) is 0 Å². The number of nitrogen functional groups attached to an aromatic ring is 1. The second-order valence-electron chi connectivity index (χ2n) is 6.55. The molecular weight excluding hydrogens is 378 g/mol. The highest BCUT2D eigenvalue weighted by atomic mass is 35.5. The minimum Gasteiger partial charge on any atom is -0.478 e. The Morgan fingerprint density at radius 2 is 1.50 bits per heavy atom. The first-order valence-corrected chi connectivity index (χ1v) is 9.03. The number of anilines is 1. The van der Waals surface area contributed by atoms with Gasteiger partial charge in [0.1, 0.15) is 6.61 Å². The van der Waals surface area contributed by atoms with Crippen molar-refractivity contribution in [3.05, 3.63) is 87.9 Å². The van der Waals surface area contributed by atoms with Crippen LogP contribution in [-0.4, -0.2) is 23.7 Å². The average Bonchev–Trinajstić information content (AvgIpc) is 3.01. The van der Waals surface area contributed by atoms with Gasteiger partial charge in [0.25, 0.3) is 0 Å². The van der Waals surface area contributed by atoms with Gasteiger partial charge < -0.3 is 15.6 Å². The molecule has 1 aliphatic carbocycles. The standard InChI is InChI=1S/C22H16ClNO4/c23-12-9-17(21(25)26)20(24)18(10-12)22(27)28-11-19-15-7-3-1-5-13(15)14-6-2-4-8-16(14)19/h1-10,19H,11,24H2,(H,25,26). The van der Waals surface area contributed by atoms with Crippen LogP contribution in [0.4, 0.5) is 5.69 Å². The van der Waals surface area contributed by atoms with Crippen molar-refractivity contribution in [2.24, 2.45) is 0 Å². The van der Waals surface area contributed by atoms with Gasteiger partial charge in [-0.1, -0.05) is 60.1 Å². The summed E-state index contributed by atoms with van der Waals surface area (Å²) in [6.07, 6.45) is 0. The summed E-state index contributed by atoms with van der Waals surface area (Å²) in [6, 6.07) is 18.5. The summed E-state index contributed by atoms with van der Waals surface area (Å²) in [6.45, 7) is 0.112. The predicted molar refractivity (Wildman–Crippen MR) is 107 cm³/mol. The molecule has 3 N–H and O–H groups in total. The number of halogens is 1. The molecule has 5 nitrogen and oxygen atoms in total. The van der Waals surface area contributed by atoms with Crippen molar-refractivity contribution >= 4 is 29.2 Å². The number of rotatable bonds is 4. The quantitative estimate of drug-likeness (QED) is 0.499. The fourth-order valence-electron chi connectivity index (χ4n) is 3.64. The Hall–Kier alpha value is -3.31. The molecular formula is C22H16ClNO4. The third-order valence-electron chi connectivity index (χ3n) is 4.94. The number of nitrogens with two attached hydrogens (primary N) is 1. The summed E-state index contributed by atoms with van der Waals surface area (Å²) >= 11 is 5.94. The van der Waals surface area contributed by atoms with Crippen molar-refractivity contribution in [3.63, 3.8) is 0 Å². The third-order valence-corrected chi connectivity index (χ3v) is 5.16. The van der Waals surface area contributed by atoms with E-state index in [0.29, 0.717) is 0 Å². The number of carboxylic acids is 1. The van der Waals surface area contributed by atoms with E-state index in [4.69, 9.17) is 22.1 Å². The molecule has 3 aromatic carbocycles. The number of aromatic carboxylic acids is 1. The van der Waals surface area contributed by atoms with Crippen LogP contribution >= 0.6 is 11.6 Å². The van der Waals surface area contributed by atoms with Gasteiger partial charge in [0.15, 0.2) is 0 Å². The van der Waals surface area contributed by atoms with Crippen molar-refractivity contribution in [1.29, 1.82) is 0 Å². The van der Waals surface area contributed by atoms with Crippen LogP contribution in [0.15, 0.2) is 60.7 Å². The van der Waals surface area contributed by atoms with Gasteiger partial charge >= 0.3 is 11.9 Å². The molecule has 0 aliphatic heterocycles. The molecule has 0 radical (unpaired) electrons. The Labute approximate surface area is 166 Å². The number of benzene rings is 3. The Balaban J connectivity index is 1.62. The van der Waals surface area contributed by atoms with Crippen LogP contribution in [0.3, 0.4) is 0 Å². The SMILES string of the molecule is Nc1c(C(=O)O)cc(Cl)cc1C(=O)OCC1c2ccccc2-c2ccccc21. The highest BCUT2D eigenvalue weighted by Gasteiger charge is 2.29. The molecule has 3 aromatic rings. The zero-order chi connectivity index (χ0) is 19.8. The van der Waals surface area contributed by atoms with Gasteiger partial charge in [-0.2, -0.15) is 0 Å². The average molecular weight is 394 g/mol. The minimum atomic E-state index is -1.26. The van der Waals surface area contributed by atoms with Crippen LogP contribution in [0, 0.1) is 0 Å². The van der Waals surface area contributed by atoms with E-state index < -0.39 is 11.9 Å². The second kappa shape index (κ2) is 7.02. The van der Waals surface area contributed by atoms with E-state index in [9.17, 15) is 14.7 Å². The zero-order valence-electron chi connectivity index (χ0n) is 14.7. The number of ether oxygens (including phenoxy) is 1. The van der Waals surface area contributed by atoms with E-state index in [2.05, 4.69) is 0 Å². The predicted octanol–water partition coefficient (Wildman–Crippen LogP) is 4.59. The molecule has 0 heterocycles. The topological polar surface area (TPSA) is 89.6 Å². The van der Waals surface area contributed by atoms with Crippen molar-refractivity contribution in [2.45, 2.75) is 5.92 Å². The summed E-state index contributed by atoms with van der Waals surface area (Å²) in [5, 5.41) is 9.33. The molecule has 1 aliphatic rings. The summed E-state index contributed by atoms with van der Waals surface area (Å²) < 4.78 is 5.53. The molecule has 0 spiro atoms. The van der Waals surface area contributed by atoms with E-state index in [1.54, 1.807) is 0 Å². The second-order valence-corrected chi connectivity index (χ2v) is 6.98. The Morgan fingerprint density at radius 3 is 2.07 bits per heavy atom. The van der Waals surface area contributed by atoms with Crippen LogP contribution in [0.2, 0.25) is 5.02 Å². The van der Waals surface area contributed by atoms with Crippen molar-refractivity contribution in [3.8, 4) is 11.1 Å². The van der Waals surface area contributed by atoms with Gasteiger partial charge in [0.05, 0.1) is 16.8 Å². The molecule has 6 heteroatoms. The Morgan fingerprint density at radius 1 is 0.964 bits per heavy atom. The third kappa shape index (κ3) is 3.00. The minimum absolute atomic E-state index is 0.0514. The van der Waals surface area contributed by atoms with E-state index >= 15 is 0 Å². The Bertz CT molecular complexity index is 1060. The lowest BCUT2D eigenvalue weighted by Gasteiger charge is -2.15. The van der Waals surface area contributed by atoms with Crippen LogP contribution in [-0.2, 0) is 4.74 Å².